The second-order valence-corrected chi connectivity index (χ2v) is 3.59. The van der Waals surface area contributed by atoms with E-state index >= 15 is 0 Å². The summed E-state index contributed by atoms with van der Waals surface area (Å²) in [5.74, 6) is -0.889. The lowest BCUT2D eigenvalue weighted by molar-refractivity contribution is -0.168. The van der Waals surface area contributed by atoms with Gasteiger partial charge in [-0.05, 0) is 13.0 Å². The fraction of sp³-hybridized carbons (Fsp3) is 0.455. The van der Waals surface area contributed by atoms with Crippen molar-refractivity contribution in [3.05, 3.63) is 24.8 Å². The van der Waals surface area contributed by atoms with E-state index in [0.717, 1.165) is 0 Å². The lowest BCUT2D eigenvalue weighted by atomic mass is 9.94. The van der Waals surface area contributed by atoms with Crippen LogP contribution < -0.4 is 0 Å². The topological polar surface area (TPSA) is 52.6 Å². The third-order valence-electron chi connectivity index (χ3n) is 2.25. The molecular formula is C11H14O4. The molecule has 15 heavy (non-hydrogen) atoms. The molecule has 0 N–H and O–H groups in total. The van der Waals surface area contributed by atoms with Gasteiger partial charge in [0.15, 0.2) is 0 Å². The third-order valence-corrected chi connectivity index (χ3v) is 2.25. The molecule has 0 spiro atoms. The first-order valence-electron chi connectivity index (χ1n) is 4.67. The number of hydrogen-bond donors (Lipinski definition) is 0. The Morgan fingerprint density at radius 3 is 2.80 bits per heavy atom. The molecule has 4 nitrogen and oxygen atoms in total. The summed E-state index contributed by atoms with van der Waals surface area (Å²) < 4.78 is 9.98. The standard InChI is InChI=1S/C11H14O4/c1-4-11(15-10(13)8(2)3)5-6-14-9(12)7-11/h4H,1-2,5-7H2,3H3. The summed E-state index contributed by atoms with van der Waals surface area (Å²) in [5.41, 5.74) is -0.624. The van der Waals surface area contributed by atoms with Gasteiger partial charge < -0.3 is 9.47 Å². The molecule has 1 saturated heterocycles. The molecule has 1 aliphatic heterocycles. The van der Waals surface area contributed by atoms with Crippen molar-refractivity contribution in [2.75, 3.05) is 6.61 Å². The maximum absolute atomic E-state index is 11.4. The summed E-state index contributed by atoms with van der Waals surface area (Å²) in [5, 5.41) is 0. The number of carbonyl (C=O) groups excluding carboxylic acids is 2. The van der Waals surface area contributed by atoms with Crippen molar-refractivity contribution >= 4 is 11.9 Å². The number of rotatable bonds is 3. The predicted molar refractivity (Wildman–Crippen MR) is 54.0 cm³/mol. The van der Waals surface area contributed by atoms with Crippen LogP contribution in [-0.4, -0.2) is 24.1 Å². The lowest BCUT2D eigenvalue weighted by Crippen LogP contribution is -2.41. The molecule has 0 radical (unpaired) electrons. The van der Waals surface area contributed by atoms with Crippen LogP contribution in [0, 0.1) is 0 Å². The molecule has 1 rings (SSSR count). The highest BCUT2D eigenvalue weighted by atomic mass is 16.6. The van der Waals surface area contributed by atoms with Crippen LogP contribution in [0.5, 0.6) is 0 Å². The van der Waals surface area contributed by atoms with Crippen LogP contribution in [-0.2, 0) is 19.1 Å². The van der Waals surface area contributed by atoms with Crippen molar-refractivity contribution in [2.45, 2.75) is 25.4 Å². The van der Waals surface area contributed by atoms with E-state index in [-0.39, 0.29) is 19.0 Å². The largest absolute Gasteiger partial charge is 0.465 e. The van der Waals surface area contributed by atoms with Gasteiger partial charge in [-0.3, -0.25) is 4.79 Å². The van der Waals surface area contributed by atoms with Gasteiger partial charge in [-0.15, -0.1) is 0 Å². The average Bonchev–Trinajstić information content (AvgIpc) is 2.17. The molecule has 1 atom stereocenters. The summed E-state index contributed by atoms with van der Waals surface area (Å²) in [4.78, 5) is 22.5. The van der Waals surface area contributed by atoms with Gasteiger partial charge in [-0.2, -0.15) is 0 Å². The van der Waals surface area contributed by atoms with E-state index in [4.69, 9.17) is 9.47 Å². The molecule has 1 unspecified atom stereocenters. The van der Waals surface area contributed by atoms with E-state index in [1.165, 1.54) is 6.08 Å². The van der Waals surface area contributed by atoms with Crippen molar-refractivity contribution in [3.63, 3.8) is 0 Å². The molecule has 0 aromatic rings. The molecule has 1 heterocycles. The molecule has 0 saturated carbocycles. The van der Waals surface area contributed by atoms with Gasteiger partial charge in [0.25, 0.3) is 0 Å². The molecule has 0 amide bonds. The lowest BCUT2D eigenvalue weighted by Gasteiger charge is -2.32. The maximum atomic E-state index is 11.4. The first kappa shape index (κ1) is 11.5. The van der Waals surface area contributed by atoms with Crippen LogP contribution >= 0.6 is 0 Å². The van der Waals surface area contributed by atoms with Crippen molar-refractivity contribution in [3.8, 4) is 0 Å². The second kappa shape index (κ2) is 4.29. The maximum Gasteiger partial charge on any atom is 0.333 e. The fourth-order valence-corrected chi connectivity index (χ4v) is 1.30. The Morgan fingerprint density at radius 2 is 2.33 bits per heavy atom. The zero-order valence-corrected chi connectivity index (χ0v) is 8.75. The van der Waals surface area contributed by atoms with Crippen molar-refractivity contribution in [1.82, 2.24) is 0 Å². The minimum atomic E-state index is -0.925. The highest BCUT2D eigenvalue weighted by molar-refractivity contribution is 5.87. The summed E-state index contributed by atoms with van der Waals surface area (Å²) in [6.07, 6.45) is 1.95. The minimum Gasteiger partial charge on any atom is -0.465 e. The average molecular weight is 210 g/mol. The number of hydrogen-bond acceptors (Lipinski definition) is 4. The molecule has 4 heteroatoms. The van der Waals surface area contributed by atoms with Gasteiger partial charge in [0, 0.05) is 12.0 Å². The molecular weight excluding hydrogens is 196 g/mol. The first-order chi connectivity index (χ1) is 6.99. The van der Waals surface area contributed by atoms with Gasteiger partial charge in [0.1, 0.15) is 5.60 Å². The Balaban J connectivity index is 2.76. The molecule has 1 aliphatic rings. The zero-order chi connectivity index (χ0) is 11.5. The first-order valence-corrected chi connectivity index (χ1v) is 4.67. The molecule has 0 aromatic heterocycles. The summed E-state index contributed by atoms with van der Waals surface area (Å²) in [6.45, 7) is 8.87. The Morgan fingerprint density at radius 1 is 1.67 bits per heavy atom. The number of ether oxygens (including phenoxy) is 2. The zero-order valence-electron chi connectivity index (χ0n) is 8.75. The molecule has 82 valence electrons. The van der Waals surface area contributed by atoms with E-state index < -0.39 is 11.6 Å². The highest BCUT2D eigenvalue weighted by Gasteiger charge is 2.38. The van der Waals surface area contributed by atoms with Crippen molar-refractivity contribution in [1.29, 1.82) is 0 Å². The predicted octanol–water partition coefficient (Wildman–Crippen LogP) is 1.37. The fourth-order valence-electron chi connectivity index (χ4n) is 1.30. The van der Waals surface area contributed by atoms with Gasteiger partial charge in [0.05, 0.1) is 13.0 Å². The summed E-state index contributed by atoms with van der Waals surface area (Å²) in [7, 11) is 0. The Hall–Kier alpha value is -1.58. The summed E-state index contributed by atoms with van der Waals surface area (Å²) >= 11 is 0. The van der Waals surface area contributed by atoms with E-state index in [9.17, 15) is 9.59 Å². The SMILES string of the molecule is C=CC1(OC(=O)C(=C)C)CCOC(=O)C1. The third kappa shape index (κ3) is 2.68. The number of esters is 2. The van der Waals surface area contributed by atoms with E-state index in [2.05, 4.69) is 13.2 Å². The van der Waals surface area contributed by atoms with E-state index in [1.807, 2.05) is 0 Å². The van der Waals surface area contributed by atoms with Crippen LogP contribution in [0.2, 0.25) is 0 Å². The van der Waals surface area contributed by atoms with Crippen LogP contribution in [0.3, 0.4) is 0 Å². The smallest absolute Gasteiger partial charge is 0.333 e. The monoisotopic (exact) mass is 210 g/mol. The Kier molecular flexibility index (Phi) is 3.29. The number of cyclic esters (lactones) is 1. The van der Waals surface area contributed by atoms with Gasteiger partial charge >= 0.3 is 11.9 Å². The van der Waals surface area contributed by atoms with Crippen molar-refractivity contribution in [2.24, 2.45) is 0 Å². The van der Waals surface area contributed by atoms with Gasteiger partial charge in [-0.25, -0.2) is 4.79 Å². The Bertz CT molecular complexity index is 319. The number of carbonyl (C=O) groups is 2. The van der Waals surface area contributed by atoms with E-state index in [1.54, 1.807) is 6.92 Å². The van der Waals surface area contributed by atoms with Gasteiger partial charge in [-0.1, -0.05) is 13.2 Å². The van der Waals surface area contributed by atoms with Crippen LogP contribution in [0.25, 0.3) is 0 Å². The molecule has 0 aromatic carbocycles. The summed E-state index contributed by atoms with van der Waals surface area (Å²) in [6, 6.07) is 0. The minimum absolute atomic E-state index is 0.0233. The molecule has 0 aliphatic carbocycles. The Labute approximate surface area is 88.6 Å². The normalized spacial score (nSPS) is 25.3. The van der Waals surface area contributed by atoms with Crippen molar-refractivity contribution < 1.29 is 19.1 Å². The van der Waals surface area contributed by atoms with E-state index in [0.29, 0.717) is 12.0 Å². The molecule has 0 bridgehead atoms. The van der Waals surface area contributed by atoms with Gasteiger partial charge in [0.2, 0.25) is 0 Å². The van der Waals surface area contributed by atoms with Crippen LogP contribution in [0.4, 0.5) is 0 Å². The molecule has 1 fully saturated rings. The highest BCUT2D eigenvalue weighted by Crippen LogP contribution is 2.27. The second-order valence-electron chi connectivity index (χ2n) is 3.59. The van der Waals surface area contributed by atoms with Crippen LogP contribution in [0.1, 0.15) is 19.8 Å². The quantitative estimate of drug-likeness (QED) is 0.401. The van der Waals surface area contributed by atoms with Crippen LogP contribution in [0.15, 0.2) is 24.8 Å².